The quantitative estimate of drug-likeness (QED) is 0.821. The molecule has 1 amide bonds. The zero-order valence-electron chi connectivity index (χ0n) is 11.2. The summed E-state index contributed by atoms with van der Waals surface area (Å²) in [5, 5.41) is 3.93. The van der Waals surface area contributed by atoms with Crippen LogP contribution in [0.15, 0.2) is 24.5 Å². The second kappa shape index (κ2) is 5.32. The Bertz CT molecular complexity index is 636. The third-order valence-electron chi connectivity index (χ3n) is 3.53. The summed E-state index contributed by atoms with van der Waals surface area (Å²) < 4.78 is 0. The molecule has 0 radical (unpaired) electrons. The van der Waals surface area contributed by atoms with Crippen LogP contribution >= 0.6 is 0 Å². The summed E-state index contributed by atoms with van der Waals surface area (Å²) in [6, 6.07) is 5.46. The molecule has 3 rings (SSSR count). The lowest BCUT2D eigenvalue weighted by Crippen LogP contribution is -2.33. The second-order valence-electron chi connectivity index (χ2n) is 4.94. The highest BCUT2D eigenvalue weighted by Crippen LogP contribution is 2.21. The number of anilines is 2. The van der Waals surface area contributed by atoms with Gasteiger partial charge in [-0.3, -0.25) is 4.79 Å². The van der Waals surface area contributed by atoms with Gasteiger partial charge < -0.3 is 16.0 Å². The number of amides is 1. The summed E-state index contributed by atoms with van der Waals surface area (Å²) in [4.78, 5) is 22.3. The molecule has 6 heteroatoms. The minimum atomic E-state index is 0.109. The van der Waals surface area contributed by atoms with Crippen molar-refractivity contribution in [1.82, 2.24) is 14.9 Å². The van der Waals surface area contributed by atoms with Gasteiger partial charge in [0.05, 0.1) is 12.1 Å². The Morgan fingerprint density at radius 3 is 2.90 bits per heavy atom. The number of nitrogens with zero attached hydrogens (tertiary/aromatic N) is 3. The van der Waals surface area contributed by atoms with Crippen molar-refractivity contribution in [2.24, 2.45) is 0 Å². The molecule has 3 N–H and O–H groups in total. The molecule has 6 nitrogen and oxygen atoms in total. The van der Waals surface area contributed by atoms with Gasteiger partial charge in [-0.15, -0.1) is 0 Å². The number of nitrogens with one attached hydrogen (secondary N) is 1. The van der Waals surface area contributed by atoms with Crippen molar-refractivity contribution >= 4 is 28.3 Å². The van der Waals surface area contributed by atoms with Gasteiger partial charge in [0.1, 0.15) is 12.1 Å². The van der Waals surface area contributed by atoms with Gasteiger partial charge in [-0.2, -0.15) is 0 Å². The maximum Gasteiger partial charge on any atom is 0.241 e. The number of likely N-dealkylation sites (tertiary alicyclic amines) is 1. The molecule has 0 unspecified atom stereocenters. The van der Waals surface area contributed by atoms with Crippen LogP contribution in [0.4, 0.5) is 11.5 Å². The number of carbonyl (C=O) groups excluding carboxylic acids is 1. The van der Waals surface area contributed by atoms with Crippen molar-refractivity contribution in [2.45, 2.75) is 12.8 Å². The van der Waals surface area contributed by atoms with Gasteiger partial charge in [0, 0.05) is 24.2 Å². The van der Waals surface area contributed by atoms with Crippen LogP contribution in [0.1, 0.15) is 12.8 Å². The normalized spacial score (nSPS) is 14.7. The van der Waals surface area contributed by atoms with E-state index < -0.39 is 0 Å². The standard InChI is InChI=1S/C14H17N5O/c15-10-3-4-12-11(7-10)14(18-9-17-12)16-8-13(20)19-5-1-2-6-19/h3-4,7,9H,1-2,5-6,8,15H2,(H,16,17,18). The number of nitrogens with two attached hydrogens (primary N) is 1. The smallest absolute Gasteiger partial charge is 0.241 e. The first-order chi connectivity index (χ1) is 9.74. The highest BCUT2D eigenvalue weighted by molar-refractivity contribution is 5.92. The Balaban J connectivity index is 1.77. The number of aromatic nitrogens is 2. The van der Waals surface area contributed by atoms with Crippen LogP contribution in [-0.4, -0.2) is 40.4 Å². The molecule has 0 spiro atoms. The number of fused-ring (bicyclic) bond motifs is 1. The van der Waals surface area contributed by atoms with E-state index in [9.17, 15) is 4.79 Å². The summed E-state index contributed by atoms with van der Waals surface area (Å²) in [5.41, 5.74) is 7.25. The molecule has 0 bridgehead atoms. The highest BCUT2D eigenvalue weighted by atomic mass is 16.2. The van der Waals surface area contributed by atoms with Gasteiger partial charge in [-0.05, 0) is 31.0 Å². The van der Waals surface area contributed by atoms with Crippen LogP contribution < -0.4 is 11.1 Å². The van der Waals surface area contributed by atoms with Crippen LogP contribution in [0.3, 0.4) is 0 Å². The Hall–Kier alpha value is -2.37. The summed E-state index contributed by atoms with van der Waals surface area (Å²) in [5.74, 6) is 0.757. The molecule has 1 saturated heterocycles. The molecule has 2 aromatic rings. The lowest BCUT2D eigenvalue weighted by atomic mass is 10.2. The van der Waals surface area contributed by atoms with E-state index in [0.29, 0.717) is 11.5 Å². The summed E-state index contributed by atoms with van der Waals surface area (Å²) >= 11 is 0. The highest BCUT2D eigenvalue weighted by Gasteiger charge is 2.17. The number of rotatable bonds is 3. The fourth-order valence-corrected chi connectivity index (χ4v) is 2.45. The van der Waals surface area contributed by atoms with Crippen molar-refractivity contribution < 1.29 is 4.79 Å². The first-order valence-electron chi connectivity index (χ1n) is 6.76. The van der Waals surface area contributed by atoms with Crippen molar-refractivity contribution in [3.63, 3.8) is 0 Å². The molecule has 1 aromatic heterocycles. The number of nitrogen functional groups attached to an aromatic ring is 1. The van der Waals surface area contributed by atoms with Gasteiger partial charge in [-0.25, -0.2) is 9.97 Å². The first-order valence-corrected chi connectivity index (χ1v) is 6.76. The molecule has 0 atom stereocenters. The average molecular weight is 271 g/mol. The van der Waals surface area contributed by atoms with Crippen LogP contribution in [0.5, 0.6) is 0 Å². The molecule has 1 fully saturated rings. The Labute approximate surface area is 117 Å². The maximum absolute atomic E-state index is 12.0. The van der Waals surface area contributed by atoms with Gasteiger partial charge in [-0.1, -0.05) is 0 Å². The van der Waals surface area contributed by atoms with Crippen molar-refractivity contribution in [1.29, 1.82) is 0 Å². The summed E-state index contributed by atoms with van der Waals surface area (Å²) in [6.07, 6.45) is 3.68. The largest absolute Gasteiger partial charge is 0.399 e. The lowest BCUT2D eigenvalue weighted by molar-refractivity contribution is -0.128. The van der Waals surface area contributed by atoms with E-state index in [1.165, 1.54) is 6.33 Å². The fraction of sp³-hybridized carbons (Fsp3) is 0.357. The molecular weight excluding hydrogens is 254 g/mol. The third kappa shape index (κ3) is 2.49. The molecular formula is C14H17N5O. The van der Waals surface area contributed by atoms with Crippen LogP contribution in [0.25, 0.3) is 10.9 Å². The first kappa shape index (κ1) is 12.7. The maximum atomic E-state index is 12.0. The van der Waals surface area contributed by atoms with E-state index in [1.54, 1.807) is 6.07 Å². The van der Waals surface area contributed by atoms with E-state index in [4.69, 9.17) is 5.73 Å². The number of hydrogen-bond acceptors (Lipinski definition) is 5. The number of benzene rings is 1. The zero-order chi connectivity index (χ0) is 13.9. The molecule has 1 aromatic carbocycles. The Kier molecular flexibility index (Phi) is 3.37. The van der Waals surface area contributed by atoms with Crippen molar-refractivity contribution in [2.75, 3.05) is 30.7 Å². The van der Waals surface area contributed by atoms with E-state index in [1.807, 2.05) is 17.0 Å². The number of carbonyl (C=O) groups is 1. The molecule has 0 aliphatic carbocycles. The molecule has 104 valence electrons. The van der Waals surface area contributed by atoms with Crippen LogP contribution in [-0.2, 0) is 4.79 Å². The topological polar surface area (TPSA) is 84.1 Å². The minimum absolute atomic E-state index is 0.109. The number of hydrogen-bond donors (Lipinski definition) is 2. The van der Waals surface area contributed by atoms with E-state index >= 15 is 0 Å². The Morgan fingerprint density at radius 2 is 2.10 bits per heavy atom. The van der Waals surface area contributed by atoms with Gasteiger partial charge in [0.25, 0.3) is 0 Å². The van der Waals surface area contributed by atoms with Crippen LogP contribution in [0.2, 0.25) is 0 Å². The van der Waals surface area contributed by atoms with E-state index in [0.717, 1.165) is 36.8 Å². The second-order valence-corrected chi connectivity index (χ2v) is 4.94. The van der Waals surface area contributed by atoms with Gasteiger partial charge in [0.15, 0.2) is 0 Å². The predicted molar refractivity (Wildman–Crippen MR) is 78.3 cm³/mol. The summed E-state index contributed by atoms with van der Waals surface area (Å²) in [7, 11) is 0. The van der Waals surface area contributed by atoms with Gasteiger partial charge in [0.2, 0.25) is 5.91 Å². The molecule has 20 heavy (non-hydrogen) atoms. The minimum Gasteiger partial charge on any atom is -0.399 e. The predicted octanol–water partition coefficient (Wildman–Crippen LogP) is 1.25. The Morgan fingerprint density at radius 1 is 1.30 bits per heavy atom. The monoisotopic (exact) mass is 271 g/mol. The summed E-state index contributed by atoms with van der Waals surface area (Å²) in [6.45, 7) is 1.97. The van der Waals surface area contributed by atoms with Crippen molar-refractivity contribution in [3.8, 4) is 0 Å². The van der Waals surface area contributed by atoms with E-state index in [2.05, 4.69) is 15.3 Å². The molecule has 1 aliphatic rings. The fourth-order valence-electron chi connectivity index (χ4n) is 2.45. The van der Waals surface area contributed by atoms with Crippen molar-refractivity contribution in [3.05, 3.63) is 24.5 Å². The molecule has 0 saturated carbocycles. The van der Waals surface area contributed by atoms with E-state index in [-0.39, 0.29) is 12.5 Å². The van der Waals surface area contributed by atoms with Gasteiger partial charge >= 0.3 is 0 Å². The zero-order valence-corrected chi connectivity index (χ0v) is 11.2. The molecule has 2 heterocycles. The van der Waals surface area contributed by atoms with Crippen LogP contribution in [0, 0.1) is 0 Å². The molecule has 1 aliphatic heterocycles. The average Bonchev–Trinajstić information content (AvgIpc) is 2.99. The lowest BCUT2D eigenvalue weighted by Gasteiger charge is -2.16. The SMILES string of the molecule is Nc1ccc2ncnc(NCC(=O)N3CCCC3)c2c1. The third-order valence-corrected chi connectivity index (χ3v) is 3.53.